The first kappa shape index (κ1) is 21.4. The van der Waals surface area contributed by atoms with Crippen molar-refractivity contribution in [2.75, 3.05) is 0 Å². The van der Waals surface area contributed by atoms with Gasteiger partial charge in [-0.15, -0.1) is 0 Å². The Morgan fingerprint density at radius 1 is 1.06 bits per heavy atom. The minimum atomic E-state index is -0.971. The van der Waals surface area contributed by atoms with Gasteiger partial charge in [0.2, 0.25) is 0 Å². The number of nitrogens with zero attached hydrogens (tertiary/aromatic N) is 3. The topological polar surface area (TPSA) is 49.3 Å². The van der Waals surface area contributed by atoms with Crippen LogP contribution in [0.1, 0.15) is 54.5 Å². The van der Waals surface area contributed by atoms with E-state index < -0.39 is 5.72 Å². The predicted molar refractivity (Wildman–Crippen MR) is 126 cm³/mol. The van der Waals surface area contributed by atoms with Crippen LogP contribution in [0.4, 0.5) is 0 Å². The molecule has 2 aliphatic rings. The molecule has 2 bridgehead atoms. The van der Waals surface area contributed by atoms with E-state index in [9.17, 15) is 5.11 Å². The molecule has 2 fully saturated rings. The normalized spacial score (nSPS) is 25.8. The Morgan fingerprint density at radius 3 is 2.29 bits per heavy atom. The molecule has 5 rings (SSSR count). The maximum Gasteiger partial charge on any atom is 0.120 e. The second-order valence-electron chi connectivity index (χ2n) is 8.42. The molecule has 3 unspecified atom stereocenters. The first-order valence-electron chi connectivity index (χ1n) is 10.4. The van der Waals surface area contributed by atoms with E-state index in [2.05, 4.69) is 30.8 Å². The van der Waals surface area contributed by atoms with E-state index in [4.69, 9.17) is 23.2 Å². The molecule has 2 saturated heterocycles. The summed E-state index contributed by atoms with van der Waals surface area (Å²) >= 11 is 16.9. The fourth-order valence-corrected chi connectivity index (χ4v) is 6.42. The van der Waals surface area contributed by atoms with Crippen molar-refractivity contribution in [1.82, 2.24) is 14.9 Å². The van der Waals surface area contributed by atoms with Crippen molar-refractivity contribution < 1.29 is 5.11 Å². The van der Waals surface area contributed by atoms with E-state index in [0.29, 0.717) is 22.9 Å². The molecule has 3 aromatic rings. The van der Waals surface area contributed by atoms with Crippen LogP contribution in [0.15, 0.2) is 65.5 Å². The van der Waals surface area contributed by atoms with Crippen LogP contribution in [0.25, 0.3) is 0 Å². The van der Waals surface area contributed by atoms with Gasteiger partial charge in [-0.1, -0.05) is 59.6 Å². The van der Waals surface area contributed by atoms with Crippen LogP contribution in [0, 0.1) is 0 Å². The molecule has 31 heavy (non-hydrogen) atoms. The summed E-state index contributed by atoms with van der Waals surface area (Å²) < 4.78 is 0.894. The summed E-state index contributed by atoms with van der Waals surface area (Å²) in [7, 11) is 0. The Bertz CT molecular complexity index is 1070. The van der Waals surface area contributed by atoms with E-state index in [-0.39, 0.29) is 18.0 Å². The molecule has 0 spiro atoms. The Kier molecular flexibility index (Phi) is 5.82. The highest BCUT2D eigenvalue weighted by atomic mass is 79.9. The van der Waals surface area contributed by atoms with Crippen LogP contribution in [0.2, 0.25) is 10.0 Å². The van der Waals surface area contributed by atoms with Crippen LogP contribution < -0.4 is 0 Å². The SMILES string of the molecule is OC12CCC(CC(c3ncncc3Br)C1)N2C(c1ccccc1Cl)c1ccccc1Cl. The van der Waals surface area contributed by atoms with Crippen molar-refractivity contribution in [3.63, 3.8) is 0 Å². The average molecular weight is 519 g/mol. The average Bonchev–Trinajstić information content (AvgIpc) is 2.95. The maximum atomic E-state index is 12.0. The fourth-order valence-electron chi connectivity index (χ4n) is 5.39. The third-order valence-corrected chi connectivity index (χ3v) is 7.94. The molecule has 160 valence electrons. The molecular formula is C24H22BrCl2N3O. The zero-order valence-electron chi connectivity index (χ0n) is 16.8. The van der Waals surface area contributed by atoms with Gasteiger partial charge in [-0.25, -0.2) is 9.97 Å². The summed E-state index contributed by atoms with van der Waals surface area (Å²) in [6, 6.07) is 15.7. The highest BCUT2D eigenvalue weighted by Gasteiger charge is 2.54. The molecule has 1 aromatic heterocycles. The third kappa shape index (κ3) is 3.81. The van der Waals surface area contributed by atoms with Crippen molar-refractivity contribution in [3.05, 3.63) is 92.4 Å². The van der Waals surface area contributed by atoms with Gasteiger partial charge < -0.3 is 5.11 Å². The van der Waals surface area contributed by atoms with Crippen LogP contribution in [-0.2, 0) is 0 Å². The molecule has 0 saturated carbocycles. The van der Waals surface area contributed by atoms with E-state index in [0.717, 1.165) is 34.1 Å². The number of aromatic nitrogens is 2. The molecule has 0 aliphatic carbocycles. The Balaban J connectivity index is 1.59. The van der Waals surface area contributed by atoms with Gasteiger partial charge in [-0.2, -0.15) is 0 Å². The Morgan fingerprint density at radius 2 is 1.71 bits per heavy atom. The standard InChI is InChI=1S/C24H22BrCl2N3O/c25-19-13-28-14-29-22(19)15-11-16-9-10-24(31,12-15)30(16)23(17-5-1-3-7-20(17)26)18-6-2-4-8-21(18)27/h1-8,13-16,23,31H,9-12H2. The van der Waals surface area contributed by atoms with Gasteiger partial charge in [0.15, 0.2) is 0 Å². The van der Waals surface area contributed by atoms with Gasteiger partial charge in [0.25, 0.3) is 0 Å². The number of piperidine rings is 1. The highest BCUT2D eigenvalue weighted by Crippen LogP contribution is 2.54. The van der Waals surface area contributed by atoms with Crippen molar-refractivity contribution in [1.29, 1.82) is 0 Å². The first-order chi connectivity index (χ1) is 15.0. The lowest BCUT2D eigenvalue weighted by molar-refractivity contribution is -0.139. The van der Waals surface area contributed by atoms with Crippen LogP contribution >= 0.6 is 39.1 Å². The van der Waals surface area contributed by atoms with Gasteiger partial charge in [0.1, 0.15) is 12.1 Å². The lowest BCUT2D eigenvalue weighted by Gasteiger charge is -2.49. The van der Waals surface area contributed by atoms with Gasteiger partial charge in [0.05, 0.1) is 16.2 Å². The molecule has 2 aromatic carbocycles. The van der Waals surface area contributed by atoms with E-state index in [1.165, 1.54) is 0 Å². The number of rotatable bonds is 4. The molecule has 0 radical (unpaired) electrons. The number of hydrogen-bond donors (Lipinski definition) is 1. The van der Waals surface area contributed by atoms with Crippen molar-refractivity contribution in [2.24, 2.45) is 0 Å². The Labute approximate surface area is 200 Å². The lowest BCUT2D eigenvalue weighted by atomic mass is 9.83. The third-order valence-electron chi connectivity index (χ3n) is 6.64. The summed E-state index contributed by atoms with van der Waals surface area (Å²) in [5.74, 6) is 0.157. The molecule has 1 N–H and O–H groups in total. The number of halogens is 3. The van der Waals surface area contributed by atoms with Gasteiger partial charge in [-0.05, 0) is 64.9 Å². The molecular weight excluding hydrogens is 497 g/mol. The predicted octanol–water partition coefficient (Wildman–Crippen LogP) is 6.37. The summed E-state index contributed by atoms with van der Waals surface area (Å²) in [4.78, 5) is 10.9. The molecule has 2 aliphatic heterocycles. The number of benzene rings is 2. The van der Waals surface area contributed by atoms with Gasteiger partial charge >= 0.3 is 0 Å². The van der Waals surface area contributed by atoms with E-state index in [1.54, 1.807) is 12.5 Å². The van der Waals surface area contributed by atoms with Crippen molar-refractivity contribution >= 4 is 39.1 Å². The fraction of sp³-hybridized carbons (Fsp3) is 0.333. The number of fused-ring (bicyclic) bond motifs is 2. The molecule has 7 heteroatoms. The second-order valence-corrected chi connectivity index (χ2v) is 10.1. The summed E-state index contributed by atoms with van der Waals surface area (Å²) in [6.07, 6.45) is 6.49. The molecule has 3 atom stereocenters. The number of aliphatic hydroxyl groups is 1. The second kappa shape index (κ2) is 8.45. The summed E-state index contributed by atoms with van der Waals surface area (Å²) in [5.41, 5.74) is 1.92. The van der Waals surface area contributed by atoms with Crippen LogP contribution in [0.5, 0.6) is 0 Å². The number of hydrogen-bond acceptors (Lipinski definition) is 4. The quantitative estimate of drug-likeness (QED) is 0.436. The lowest BCUT2D eigenvalue weighted by Crippen LogP contribution is -2.54. The smallest absolute Gasteiger partial charge is 0.120 e. The highest BCUT2D eigenvalue weighted by molar-refractivity contribution is 9.10. The maximum absolute atomic E-state index is 12.0. The molecule has 3 heterocycles. The van der Waals surface area contributed by atoms with Crippen molar-refractivity contribution in [3.8, 4) is 0 Å². The van der Waals surface area contributed by atoms with Crippen molar-refractivity contribution in [2.45, 2.75) is 49.4 Å². The molecule has 4 nitrogen and oxygen atoms in total. The van der Waals surface area contributed by atoms with Crippen LogP contribution in [-0.4, -0.2) is 31.7 Å². The molecule has 0 amide bonds. The minimum Gasteiger partial charge on any atom is -0.376 e. The van der Waals surface area contributed by atoms with E-state index in [1.807, 2.05) is 48.5 Å². The van der Waals surface area contributed by atoms with Gasteiger partial charge in [0, 0.05) is 28.2 Å². The Hall–Kier alpha value is -1.50. The first-order valence-corrected chi connectivity index (χ1v) is 12.0. The van der Waals surface area contributed by atoms with Gasteiger partial charge in [-0.3, -0.25) is 4.90 Å². The van der Waals surface area contributed by atoms with Crippen LogP contribution in [0.3, 0.4) is 0 Å². The minimum absolute atomic E-state index is 0.157. The zero-order chi connectivity index (χ0) is 21.6. The zero-order valence-corrected chi connectivity index (χ0v) is 19.9. The summed E-state index contributed by atoms with van der Waals surface area (Å²) in [5, 5.41) is 13.3. The monoisotopic (exact) mass is 517 g/mol. The summed E-state index contributed by atoms with van der Waals surface area (Å²) in [6.45, 7) is 0. The largest absolute Gasteiger partial charge is 0.376 e. The van der Waals surface area contributed by atoms with E-state index >= 15 is 0 Å².